The van der Waals surface area contributed by atoms with Gasteiger partial charge in [0.05, 0.1) is 11.7 Å². The van der Waals surface area contributed by atoms with Gasteiger partial charge in [-0.15, -0.1) is 0 Å². The minimum Gasteiger partial charge on any atom is -0.298 e. The summed E-state index contributed by atoms with van der Waals surface area (Å²) in [6.45, 7) is 2.65. The second kappa shape index (κ2) is 7.13. The molecule has 136 valence electrons. The topological polar surface area (TPSA) is 33.2 Å². The molecule has 2 aromatic rings. The van der Waals surface area contributed by atoms with Gasteiger partial charge in [-0.05, 0) is 80.9 Å². The number of hydrogen-bond acceptors (Lipinski definition) is 3. The van der Waals surface area contributed by atoms with E-state index in [0.29, 0.717) is 5.92 Å². The number of hydrogen-bond donors (Lipinski definition) is 0. The van der Waals surface area contributed by atoms with Crippen molar-refractivity contribution in [1.29, 1.82) is 0 Å². The molecule has 1 saturated heterocycles. The minimum atomic E-state index is -0.00453. The zero-order valence-corrected chi connectivity index (χ0v) is 16.2. The van der Waals surface area contributed by atoms with E-state index in [2.05, 4.69) is 30.1 Å². The zero-order chi connectivity index (χ0) is 18.3. The summed E-state index contributed by atoms with van der Waals surface area (Å²) in [6, 6.07) is 10.5. The number of halogens is 1. The molecular weight excluding hydrogens is 344 g/mol. The molecule has 1 fully saturated rings. The highest BCUT2D eigenvalue weighted by Crippen LogP contribution is 2.45. The Hall–Kier alpha value is -1.71. The molecule has 26 heavy (non-hydrogen) atoms. The van der Waals surface area contributed by atoms with Crippen LogP contribution >= 0.6 is 11.6 Å². The molecule has 0 bridgehead atoms. The number of aryl methyl sites for hydroxylation is 2. The Morgan fingerprint density at radius 1 is 1.19 bits per heavy atom. The standard InChI is InChI=1S/C22H25ClN2O/c1-14(26)19-13-17(10-12-25(19)2)21-20-15(5-3-7-18(20)23)8-9-16-6-4-11-24-22(16)21/h3-7,11,17,19,21H,8-10,12-13H2,1-2H3/t17?,19-,21+/m1/s1. The zero-order valence-electron chi connectivity index (χ0n) is 15.4. The van der Waals surface area contributed by atoms with Crippen LogP contribution in [0.3, 0.4) is 0 Å². The van der Waals surface area contributed by atoms with Crippen LogP contribution in [0, 0.1) is 5.92 Å². The smallest absolute Gasteiger partial charge is 0.146 e. The van der Waals surface area contributed by atoms with Crippen LogP contribution in [-0.4, -0.2) is 35.3 Å². The number of aromatic nitrogens is 1. The predicted molar refractivity (Wildman–Crippen MR) is 105 cm³/mol. The maximum atomic E-state index is 12.2. The lowest BCUT2D eigenvalue weighted by Crippen LogP contribution is -2.45. The van der Waals surface area contributed by atoms with E-state index in [9.17, 15) is 4.79 Å². The van der Waals surface area contributed by atoms with E-state index < -0.39 is 0 Å². The summed E-state index contributed by atoms with van der Waals surface area (Å²) in [5.41, 5.74) is 5.06. The third kappa shape index (κ3) is 3.08. The van der Waals surface area contributed by atoms with Crippen molar-refractivity contribution in [3.63, 3.8) is 0 Å². The lowest BCUT2D eigenvalue weighted by molar-refractivity contribution is -0.123. The summed E-state index contributed by atoms with van der Waals surface area (Å²) in [5, 5.41) is 0.837. The molecule has 1 aliphatic heterocycles. The maximum Gasteiger partial charge on any atom is 0.146 e. The summed E-state index contributed by atoms with van der Waals surface area (Å²) < 4.78 is 0. The number of Topliss-reactive ketones (excluding diaryl/α,β-unsaturated/α-hetero) is 1. The first kappa shape index (κ1) is 17.7. The molecule has 3 atom stereocenters. The van der Waals surface area contributed by atoms with Crippen LogP contribution in [0.4, 0.5) is 0 Å². The van der Waals surface area contributed by atoms with E-state index in [-0.39, 0.29) is 17.7 Å². The predicted octanol–water partition coefficient (Wildman–Crippen LogP) is 4.26. The molecule has 0 spiro atoms. The van der Waals surface area contributed by atoms with E-state index >= 15 is 0 Å². The maximum absolute atomic E-state index is 12.2. The number of carbonyl (C=O) groups excluding carboxylic acids is 1. The van der Waals surface area contributed by atoms with Crippen molar-refractivity contribution in [2.75, 3.05) is 13.6 Å². The van der Waals surface area contributed by atoms with E-state index in [0.717, 1.165) is 42.9 Å². The third-order valence-electron chi connectivity index (χ3n) is 6.19. The Morgan fingerprint density at radius 3 is 2.77 bits per heavy atom. The van der Waals surface area contributed by atoms with E-state index in [1.807, 2.05) is 18.3 Å². The van der Waals surface area contributed by atoms with Gasteiger partial charge < -0.3 is 0 Å². The van der Waals surface area contributed by atoms with Gasteiger partial charge in [0.15, 0.2) is 0 Å². The monoisotopic (exact) mass is 368 g/mol. The Balaban J connectivity index is 1.83. The number of carbonyl (C=O) groups is 1. The van der Waals surface area contributed by atoms with Crippen LogP contribution in [0.2, 0.25) is 5.02 Å². The van der Waals surface area contributed by atoms with Crippen molar-refractivity contribution in [2.24, 2.45) is 5.92 Å². The van der Waals surface area contributed by atoms with Crippen molar-refractivity contribution in [2.45, 2.75) is 44.6 Å². The van der Waals surface area contributed by atoms with Crippen LogP contribution in [0.15, 0.2) is 36.5 Å². The van der Waals surface area contributed by atoms with Gasteiger partial charge in [-0.3, -0.25) is 14.7 Å². The molecule has 1 unspecified atom stereocenters. The Kier molecular flexibility index (Phi) is 4.85. The first-order chi connectivity index (χ1) is 12.6. The van der Waals surface area contributed by atoms with Crippen molar-refractivity contribution in [3.05, 3.63) is 63.9 Å². The van der Waals surface area contributed by atoms with E-state index in [4.69, 9.17) is 16.6 Å². The van der Waals surface area contributed by atoms with Crippen molar-refractivity contribution < 1.29 is 4.79 Å². The molecule has 0 saturated carbocycles. The molecule has 0 radical (unpaired) electrons. The number of fused-ring (bicyclic) bond motifs is 2. The second-order valence-electron chi connectivity index (χ2n) is 7.73. The minimum absolute atomic E-state index is 0.00453. The van der Waals surface area contributed by atoms with E-state index in [1.165, 1.54) is 16.7 Å². The van der Waals surface area contributed by atoms with Gasteiger partial charge in [0.1, 0.15) is 5.78 Å². The number of nitrogens with zero attached hydrogens (tertiary/aromatic N) is 2. The number of likely N-dealkylation sites (N-methyl/N-ethyl adjacent to an activating group) is 1. The van der Waals surface area contributed by atoms with Gasteiger partial charge in [-0.25, -0.2) is 0 Å². The molecule has 2 aliphatic rings. The van der Waals surface area contributed by atoms with Gasteiger partial charge in [0.25, 0.3) is 0 Å². The molecule has 0 amide bonds. The van der Waals surface area contributed by atoms with Gasteiger partial charge in [0, 0.05) is 17.1 Å². The number of piperidine rings is 1. The molecule has 3 nitrogen and oxygen atoms in total. The van der Waals surface area contributed by atoms with Crippen LogP contribution in [0.1, 0.15) is 48.1 Å². The van der Waals surface area contributed by atoms with Gasteiger partial charge in [0.2, 0.25) is 0 Å². The number of rotatable bonds is 2. The van der Waals surface area contributed by atoms with Gasteiger partial charge in [-0.2, -0.15) is 0 Å². The van der Waals surface area contributed by atoms with Crippen molar-refractivity contribution >= 4 is 17.4 Å². The fourth-order valence-electron chi connectivity index (χ4n) is 4.84. The quantitative estimate of drug-likeness (QED) is 0.793. The SMILES string of the molecule is CC(=O)[C@H]1CC([C@@H]2c3ncccc3CCc3cccc(Cl)c32)CCN1C. The Bertz CT molecular complexity index is 835. The molecule has 1 aromatic heterocycles. The molecule has 1 aliphatic carbocycles. The second-order valence-corrected chi connectivity index (χ2v) is 8.14. The molecule has 1 aromatic carbocycles. The third-order valence-corrected chi connectivity index (χ3v) is 6.52. The largest absolute Gasteiger partial charge is 0.298 e. The number of likely N-dealkylation sites (tertiary alicyclic amines) is 1. The first-order valence-corrected chi connectivity index (χ1v) is 9.86. The lowest BCUT2D eigenvalue weighted by atomic mass is 9.74. The summed E-state index contributed by atoms with van der Waals surface area (Å²) >= 11 is 6.72. The van der Waals surface area contributed by atoms with Gasteiger partial charge in [-0.1, -0.05) is 29.8 Å². The summed E-state index contributed by atoms with van der Waals surface area (Å²) in [5.74, 6) is 0.810. The van der Waals surface area contributed by atoms with Crippen molar-refractivity contribution in [1.82, 2.24) is 9.88 Å². The van der Waals surface area contributed by atoms with Crippen LogP contribution in [-0.2, 0) is 17.6 Å². The molecule has 4 heteroatoms. The number of ketones is 1. The average Bonchev–Trinajstić information content (AvgIpc) is 2.80. The molecular formula is C22H25ClN2O. The average molecular weight is 369 g/mol. The summed E-state index contributed by atoms with van der Waals surface area (Å²) in [7, 11) is 2.06. The highest BCUT2D eigenvalue weighted by Gasteiger charge is 2.38. The normalized spacial score (nSPS) is 25.9. The lowest BCUT2D eigenvalue weighted by Gasteiger charge is -2.39. The van der Waals surface area contributed by atoms with Crippen LogP contribution in [0.25, 0.3) is 0 Å². The van der Waals surface area contributed by atoms with Crippen LogP contribution < -0.4 is 0 Å². The van der Waals surface area contributed by atoms with Crippen LogP contribution in [0.5, 0.6) is 0 Å². The Labute approximate surface area is 160 Å². The fourth-order valence-corrected chi connectivity index (χ4v) is 5.16. The summed E-state index contributed by atoms with van der Waals surface area (Å²) in [4.78, 5) is 19.2. The number of pyridine rings is 1. The highest BCUT2D eigenvalue weighted by molar-refractivity contribution is 6.31. The van der Waals surface area contributed by atoms with E-state index in [1.54, 1.807) is 6.92 Å². The molecule has 2 heterocycles. The summed E-state index contributed by atoms with van der Waals surface area (Å²) in [6.07, 6.45) is 5.82. The molecule has 0 N–H and O–H groups in total. The van der Waals surface area contributed by atoms with Gasteiger partial charge >= 0.3 is 0 Å². The Morgan fingerprint density at radius 2 is 1.96 bits per heavy atom. The number of benzene rings is 1. The first-order valence-electron chi connectivity index (χ1n) is 9.48. The van der Waals surface area contributed by atoms with Crippen molar-refractivity contribution in [3.8, 4) is 0 Å². The molecule has 4 rings (SSSR count). The highest BCUT2D eigenvalue weighted by atomic mass is 35.5. The fraction of sp³-hybridized carbons (Fsp3) is 0.455.